The average Bonchev–Trinajstić information content (AvgIpc) is 3.05. The quantitative estimate of drug-likeness (QED) is 0.477. The molecule has 25 heavy (non-hydrogen) atoms. The molecule has 0 N–H and O–H groups in total. The van der Waals surface area contributed by atoms with E-state index in [1.54, 1.807) is 0 Å². The van der Waals surface area contributed by atoms with Gasteiger partial charge in [-0.05, 0) is 36.1 Å². The Balaban J connectivity index is 1.96. The summed E-state index contributed by atoms with van der Waals surface area (Å²) in [5.41, 5.74) is 6.09. The molecule has 2 heterocycles. The summed E-state index contributed by atoms with van der Waals surface area (Å²) in [7, 11) is 0. The minimum atomic E-state index is 0.215. The molecule has 2 aromatic carbocycles. The van der Waals surface area contributed by atoms with Crippen LogP contribution in [0.25, 0.3) is 20.8 Å². The molecule has 3 aromatic rings. The summed E-state index contributed by atoms with van der Waals surface area (Å²) in [6, 6.07) is 16.2. The Hall–Kier alpha value is -1.67. The van der Waals surface area contributed by atoms with Crippen LogP contribution in [0.15, 0.2) is 42.5 Å². The van der Waals surface area contributed by atoms with Crippen molar-refractivity contribution < 1.29 is 4.57 Å². The van der Waals surface area contributed by atoms with Crippen molar-refractivity contribution in [2.24, 2.45) is 0 Å². The SMILES string of the molecule is CCCCc1ccc2c(c1)sc1[n+]2C(CC)(CC)Cc2ccccc2-1. The summed E-state index contributed by atoms with van der Waals surface area (Å²) < 4.78 is 4.13. The van der Waals surface area contributed by atoms with E-state index in [1.165, 1.54) is 64.0 Å². The van der Waals surface area contributed by atoms with Gasteiger partial charge in [-0.25, -0.2) is 0 Å². The van der Waals surface area contributed by atoms with Crippen LogP contribution in [0.4, 0.5) is 0 Å². The third kappa shape index (κ3) is 2.62. The Morgan fingerprint density at radius 1 is 1.04 bits per heavy atom. The zero-order valence-corrected chi connectivity index (χ0v) is 16.5. The molecule has 0 spiro atoms. The van der Waals surface area contributed by atoms with E-state index in [0.29, 0.717) is 0 Å². The van der Waals surface area contributed by atoms with E-state index in [1.807, 2.05) is 11.3 Å². The fourth-order valence-electron chi connectivity index (χ4n) is 4.40. The maximum atomic E-state index is 2.68. The molecule has 0 saturated carbocycles. The zero-order chi connectivity index (χ0) is 17.4. The van der Waals surface area contributed by atoms with Gasteiger partial charge in [0.25, 0.3) is 5.01 Å². The fourth-order valence-corrected chi connectivity index (χ4v) is 5.77. The number of nitrogens with zero attached hydrogens (tertiary/aromatic N) is 1. The lowest BCUT2D eigenvalue weighted by molar-refractivity contribution is -0.732. The first kappa shape index (κ1) is 16.8. The smallest absolute Gasteiger partial charge is 0.176 e. The topological polar surface area (TPSA) is 3.88 Å². The van der Waals surface area contributed by atoms with Gasteiger partial charge in [-0.2, -0.15) is 4.57 Å². The Morgan fingerprint density at radius 3 is 2.60 bits per heavy atom. The molecule has 0 amide bonds. The number of aryl methyl sites for hydroxylation is 1. The molecule has 0 aliphatic carbocycles. The van der Waals surface area contributed by atoms with E-state index in [9.17, 15) is 0 Å². The minimum absolute atomic E-state index is 0.215. The normalized spacial score (nSPS) is 15.2. The van der Waals surface area contributed by atoms with Gasteiger partial charge in [-0.1, -0.05) is 62.8 Å². The highest BCUT2D eigenvalue weighted by Crippen LogP contribution is 2.41. The molecule has 1 nitrogen and oxygen atoms in total. The number of hydrogen-bond acceptors (Lipinski definition) is 1. The number of aromatic nitrogens is 1. The third-order valence-corrected chi connectivity index (χ3v) is 7.19. The Bertz CT molecular complexity index is 902. The van der Waals surface area contributed by atoms with Crippen LogP contribution in [0.5, 0.6) is 0 Å². The highest BCUT2D eigenvalue weighted by Gasteiger charge is 2.46. The summed E-state index contributed by atoms with van der Waals surface area (Å²) in [5.74, 6) is 0. The van der Waals surface area contributed by atoms with Gasteiger partial charge in [0.05, 0.1) is 5.56 Å². The third-order valence-electron chi connectivity index (χ3n) is 6.05. The lowest BCUT2D eigenvalue weighted by Crippen LogP contribution is -2.59. The van der Waals surface area contributed by atoms with Gasteiger partial charge in [0.15, 0.2) is 5.54 Å². The van der Waals surface area contributed by atoms with Gasteiger partial charge in [-0.15, -0.1) is 0 Å². The standard InChI is InChI=1S/C23H28NS/c1-4-7-10-17-13-14-20-21(15-17)25-22-19-12-9-8-11-18(19)16-23(5-2,6-3)24(20)22/h8-9,11-15H,4-7,10,16H2,1-3H3/q+1. The number of fused-ring (bicyclic) bond motifs is 5. The summed E-state index contributed by atoms with van der Waals surface area (Å²) in [4.78, 5) is 0. The molecule has 0 fully saturated rings. The maximum Gasteiger partial charge on any atom is 0.270 e. The van der Waals surface area contributed by atoms with Crippen molar-refractivity contribution in [3.05, 3.63) is 53.6 Å². The second-order valence-corrected chi connectivity index (χ2v) is 8.44. The van der Waals surface area contributed by atoms with E-state index in [4.69, 9.17) is 0 Å². The molecule has 1 aliphatic rings. The highest BCUT2D eigenvalue weighted by molar-refractivity contribution is 7.21. The summed E-state index contributed by atoms with van der Waals surface area (Å²) >= 11 is 1.99. The van der Waals surface area contributed by atoms with Crippen LogP contribution >= 0.6 is 11.3 Å². The average molecular weight is 351 g/mol. The first-order valence-corrected chi connectivity index (χ1v) is 10.6. The second kappa shape index (κ2) is 6.57. The fraction of sp³-hybridized carbons (Fsp3) is 0.435. The molecule has 130 valence electrons. The van der Waals surface area contributed by atoms with E-state index in [0.717, 1.165) is 6.42 Å². The number of hydrogen-bond donors (Lipinski definition) is 0. The Kier molecular flexibility index (Phi) is 4.41. The molecule has 0 atom stereocenters. The molecule has 0 saturated heterocycles. The zero-order valence-electron chi connectivity index (χ0n) is 15.6. The molecule has 2 heteroatoms. The Labute approximate surface area is 155 Å². The number of benzene rings is 2. The molecular formula is C23H28NS+. The van der Waals surface area contributed by atoms with Crippen LogP contribution in [0, 0.1) is 0 Å². The van der Waals surface area contributed by atoms with E-state index >= 15 is 0 Å². The van der Waals surface area contributed by atoms with Crippen molar-refractivity contribution in [3.63, 3.8) is 0 Å². The van der Waals surface area contributed by atoms with Crippen LogP contribution in [0.1, 0.15) is 57.6 Å². The summed E-state index contributed by atoms with van der Waals surface area (Å²) in [5, 5.41) is 1.45. The largest absolute Gasteiger partial charge is 0.270 e. The van der Waals surface area contributed by atoms with Gasteiger partial charge in [0.2, 0.25) is 5.52 Å². The molecule has 4 rings (SSSR count). The molecular weight excluding hydrogens is 322 g/mol. The van der Waals surface area contributed by atoms with Crippen molar-refractivity contribution in [1.82, 2.24) is 0 Å². The van der Waals surface area contributed by atoms with Crippen LogP contribution in [0.3, 0.4) is 0 Å². The van der Waals surface area contributed by atoms with Gasteiger partial charge in [0, 0.05) is 25.3 Å². The first-order chi connectivity index (χ1) is 12.2. The second-order valence-electron chi connectivity index (χ2n) is 7.41. The monoisotopic (exact) mass is 350 g/mol. The molecule has 1 aliphatic heterocycles. The van der Waals surface area contributed by atoms with Crippen LogP contribution in [-0.2, 0) is 18.4 Å². The highest BCUT2D eigenvalue weighted by atomic mass is 32.1. The van der Waals surface area contributed by atoms with E-state index < -0.39 is 0 Å². The predicted molar refractivity (Wildman–Crippen MR) is 108 cm³/mol. The van der Waals surface area contributed by atoms with Crippen LogP contribution in [0.2, 0.25) is 0 Å². The Morgan fingerprint density at radius 2 is 1.84 bits per heavy atom. The van der Waals surface area contributed by atoms with Gasteiger partial charge in [0.1, 0.15) is 4.70 Å². The van der Waals surface area contributed by atoms with Crippen molar-refractivity contribution in [1.29, 1.82) is 0 Å². The van der Waals surface area contributed by atoms with Crippen molar-refractivity contribution in [2.75, 3.05) is 0 Å². The number of unbranched alkanes of at least 4 members (excludes halogenated alkanes) is 1. The minimum Gasteiger partial charge on any atom is -0.176 e. The molecule has 0 radical (unpaired) electrons. The van der Waals surface area contributed by atoms with Crippen LogP contribution < -0.4 is 4.57 Å². The number of thiazole rings is 1. The van der Waals surface area contributed by atoms with Gasteiger partial charge < -0.3 is 0 Å². The van der Waals surface area contributed by atoms with Gasteiger partial charge >= 0.3 is 0 Å². The lowest BCUT2D eigenvalue weighted by atomic mass is 9.81. The maximum absolute atomic E-state index is 2.68. The van der Waals surface area contributed by atoms with Crippen molar-refractivity contribution in [3.8, 4) is 10.6 Å². The predicted octanol–water partition coefficient (Wildman–Crippen LogP) is 6.27. The van der Waals surface area contributed by atoms with Crippen molar-refractivity contribution >= 4 is 21.6 Å². The van der Waals surface area contributed by atoms with Crippen LogP contribution in [-0.4, -0.2) is 0 Å². The molecule has 0 bridgehead atoms. The lowest BCUT2D eigenvalue weighted by Gasteiger charge is -2.31. The van der Waals surface area contributed by atoms with Gasteiger partial charge in [-0.3, -0.25) is 0 Å². The van der Waals surface area contributed by atoms with E-state index in [-0.39, 0.29) is 5.54 Å². The molecule has 1 aromatic heterocycles. The number of rotatable bonds is 5. The molecule has 0 unspecified atom stereocenters. The van der Waals surface area contributed by atoms with Crippen molar-refractivity contribution in [2.45, 2.75) is 64.8 Å². The van der Waals surface area contributed by atoms with E-state index in [2.05, 4.69) is 67.8 Å². The summed E-state index contributed by atoms with van der Waals surface area (Å²) in [6.45, 7) is 6.98. The summed E-state index contributed by atoms with van der Waals surface area (Å²) in [6.07, 6.45) is 7.24. The first-order valence-electron chi connectivity index (χ1n) is 9.78.